The number of carbonyl (C=O) groups is 8. The zero-order chi connectivity index (χ0) is 51.8. The molecule has 1 rings (SSSR count). The van der Waals surface area contributed by atoms with Crippen molar-refractivity contribution >= 4 is 65.4 Å². The number of rotatable bonds is 31. The summed E-state index contributed by atoms with van der Waals surface area (Å²) in [5.74, 6) is -10.2. The largest absolute Gasteiger partial charge is 0.480 e. The van der Waals surface area contributed by atoms with E-state index in [1.165, 1.54) is 39.6 Å². The van der Waals surface area contributed by atoms with Gasteiger partial charge in [-0.2, -0.15) is 11.8 Å². The first-order valence-corrected chi connectivity index (χ1v) is 23.8. The van der Waals surface area contributed by atoms with Gasteiger partial charge >= 0.3 is 11.9 Å². The van der Waals surface area contributed by atoms with Crippen molar-refractivity contribution in [2.45, 2.75) is 123 Å². The third kappa shape index (κ3) is 20.5. The van der Waals surface area contributed by atoms with Gasteiger partial charge in [0.25, 0.3) is 5.91 Å². The molecule has 1 unspecified atom stereocenters. The van der Waals surface area contributed by atoms with Gasteiger partial charge in [-0.25, -0.2) is 9.59 Å². The number of carboxylic acids is 2. The summed E-state index contributed by atoms with van der Waals surface area (Å²) in [7, 11) is 2.91. The number of thioether (sulfide) groups is 1. The number of nitrogens with one attached hydrogen (secondary N) is 5. The number of likely N-dealkylation sites (N-methyl/N-ethyl adjacent to an activating group) is 1. The molecule has 0 bridgehead atoms. The fourth-order valence-corrected chi connectivity index (χ4v) is 7.51. The molecule has 0 fully saturated rings. The molecule has 0 aliphatic heterocycles. The monoisotopic (exact) mass is 970 g/mol. The number of nitrogens with two attached hydrogens (primary N) is 1. The van der Waals surface area contributed by atoms with E-state index in [9.17, 15) is 53.4 Å². The lowest BCUT2D eigenvalue weighted by Gasteiger charge is -2.31. The fraction of sp³-hybridized carbons (Fsp3) is 0.562. The van der Waals surface area contributed by atoms with Gasteiger partial charge in [0.2, 0.25) is 29.5 Å². The van der Waals surface area contributed by atoms with Crippen LogP contribution in [0.25, 0.3) is 0 Å². The molecule has 10 atom stereocenters. The molecule has 68 heavy (non-hydrogen) atoms. The first-order valence-electron chi connectivity index (χ1n) is 22.4. The van der Waals surface area contributed by atoms with Gasteiger partial charge in [0, 0.05) is 26.5 Å². The average Bonchev–Trinajstić information content (AvgIpc) is 3.28. The van der Waals surface area contributed by atoms with Gasteiger partial charge in [-0.3, -0.25) is 33.6 Å². The smallest absolute Gasteiger partial charge is 0.327 e. The Morgan fingerprint density at radius 1 is 0.838 bits per heavy atom. The molecule has 0 spiro atoms. The summed E-state index contributed by atoms with van der Waals surface area (Å²) in [6, 6.07) is 1.84. The average molecular weight is 971 g/mol. The fourth-order valence-electron chi connectivity index (χ4n) is 7.04. The molecule has 9 N–H and O–H groups in total. The Bertz CT molecular complexity index is 1960. The molecule has 0 aliphatic rings. The molecule has 377 valence electrons. The van der Waals surface area contributed by atoms with E-state index in [-0.39, 0.29) is 49.3 Å². The number of hydrogen-bond acceptors (Lipinski definition) is 12. The van der Waals surface area contributed by atoms with E-state index >= 15 is 0 Å². The van der Waals surface area contributed by atoms with Crippen LogP contribution in [-0.2, 0) is 54.3 Å². The summed E-state index contributed by atoms with van der Waals surface area (Å²) in [4.78, 5) is 117. The van der Waals surface area contributed by atoms with Crippen molar-refractivity contribution in [3.05, 3.63) is 72.0 Å². The topological polar surface area (TPSA) is 293 Å². The summed E-state index contributed by atoms with van der Waals surface area (Å²) in [5, 5.41) is 32.8. The molecule has 0 heterocycles. The number of amides is 6. The van der Waals surface area contributed by atoms with Crippen molar-refractivity contribution in [2.75, 3.05) is 26.2 Å². The summed E-state index contributed by atoms with van der Waals surface area (Å²) < 4.78 is 5.81. The van der Waals surface area contributed by atoms with Crippen molar-refractivity contribution in [3.63, 3.8) is 0 Å². The second kappa shape index (κ2) is 30.4. The van der Waals surface area contributed by atoms with Gasteiger partial charge in [0.15, 0.2) is 6.29 Å². The molecule has 0 aromatic heterocycles. The molecule has 1 radical (unpaired) electrons. The molecular weight excluding hydrogens is 899 g/mol. The lowest BCUT2D eigenvalue weighted by atomic mass is 9.94. The Labute approximate surface area is 404 Å². The van der Waals surface area contributed by atoms with Gasteiger partial charge < -0.3 is 52.2 Å². The van der Waals surface area contributed by atoms with E-state index in [4.69, 9.17) is 10.5 Å². The second-order valence-electron chi connectivity index (χ2n) is 17.3. The number of hydrogen-bond donors (Lipinski definition) is 8. The quantitative estimate of drug-likeness (QED) is 0.0392. The van der Waals surface area contributed by atoms with Crippen molar-refractivity contribution in [2.24, 2.45) is 29.4 Å². The first-order chi connectivity index (χ1) is 31.9. The van der Waals surface area contributed by atoms with Crippen LogP contribution in [0.15, 0.2) is 66.4 Å². The highest BCUT2D eigenvalue weighted by atomic mass is 32.2. The number of methoxy groups -OCH3 is 1. The van der Waals surface area contributed by atoms with E-state index in [0.717, 1.165) is 16.0 Å². The van der Waals surface area contributed by atoms with Crippen LogP contribution in [0.3, 0.4) is 0 Å². The SMILES string of the molecule is C=C(N)C(=O)N[C@H](C)C(=O)N[C@@H](CC(C)C)C(=O)N[C@@H](C(=O)O)[C@H](C)C(=O)N[C@@H](CCSC)C(=O)NC(/C=C/C(C)=C/[C@H](C)[C@H](Cc1ccccc1)OC)[C@H](C)C(=O)N(C)[C@H](CC[C]=O)C(=O)O. The van der Waals surface area contributed by atoms with Crippen LogP contribution in [0.4, 0.5) is 0 Å². The molecule has 1 aromatic rings. The van der Waals surface area contributed by atoms with Crippen molar-refractivity contribution in [1.82, 2.24) is 31.5 Å². The van der Waals surface area contributed by atoms with Crippen LogP contribution in [-0.4, -0.2) is 137 Å². The number of carbonyl (C=O) groups excluding carboxylic acids is 7. The van der Waals surface area contributed by atoms with E-state index in [2.05, 4.69) is 33.2 Å². The van der Waals surface area contributed by atoms with E-state index in [1.54, 1.807) is 45.7 Å². The van der Waals surface area contributed by atoms with E-state index in [1.807, 2.05) is 50.3 Å². The molecular formula is C48H72N7O12S. The lowest BCUT2D eigenvalue weighted by Crippen LogP contribution is -2.59. The Hall–Kier alpha value is -6.02. The minimum Gasteiger partial charge on any atom is -0.480 e. The highest BCUT2D eigenvalue weighted by molar-refractivity contribution is 7.98. The summed E-state index contributed by atoms with van der Waals surface area (Å²) >= 11 is 1.37. The van der Waals surface area contributed by atoms with Crippen LogP contribution in [0.2, 0.25) is 0 Å². The van der Waals surface area contributed by atoms with Crippen molar-refractivity contribution < 1.29 is 58.1 Å². The standard InChI is InChI=1S/C48H72N7O12S/c1-27(2)24-37(53-43(59)33(8)50-42(58)32(7)49)45(61)54-40(48(65)66)31(6)41(57)52-36(21-23-68-11)44(60)51-35(30(5)46(62)55(9)38(47(63)64)18-15-22-56)20-19-28(3)25-29(4)39(67-10)26-34-16-13-12-14-17-34/h12-14,16-17,19-20,25,27,29-31,33,35-40H,7,15,18,21,23-24,26,49H2,1-6,8-11H3,(H,50,58)(H,51,60)(H,52,57)(H,53,59)(H,54,61)(H,63,64)(H,65,66)/b20-19+,28-25+/t29-,30-,31-,33+,35?,36-,37-,38+,39-,40+/m0/s1. The van der Waals surface area contributed by atoms with Crippen LogP contribution < -0.4 is 32.3 Å². The second-order valence-corrected chi connectivity index (χ2v) is 18.3. The number of ether oxygens (including phenoxy) is 1. The Kier molecular flexibility index (Phi) is 26.8. The Morgan fingerprint density at radius 3 is 1.97 bits per heavy atom. The number of nitrogens with zero attached hydrogens (tertiary/aromatic N) is 1. The minimum absolute atomic E-state index is 0.0580. The highest BCUT2D eigenvalue weighted by Gasteiger charge is 2.38. The van der Waals surface area contributed by atoms with Gasteiger partial charge in [-0.1, -0.05) is 95.3 Å². The van der Waals surface area contributed by atoms with Crippen LogP contribution >= 0.6 is 11.8 Å². The maximum absolute atomic E-state index is 14.2. The molecule has 19 nitrogen and oxygen atoms in total. The number of benzene rings is 1. The number of aliphatic carboxylic acids is 2. The zero-order valence-corrected chi connectivity index (χ0v) is 41.6. The predicted molar refractivity (Wildman–Crippen MR) is 259 cm³/mol. The minimum atomic E-state index is -1.83. The molecule has 0 saturated heterocycles. The predicted octanol–water partition coefficient (Wildman–Crippen LogP) is 2.26. The van der Waals surface area contributed by atoms with E-state index < -0.39 is 95.5 Å². The molecule has 0 aliphatic carbocycles. The number of carboxylic acid groups (broad SMARTS) is 2. The molecule has 6 amide bonds. The summed E-state index contributed by atoms with van der Waals surface area (Å²) in [6.45, 7) is 14.8. The normalized spacial score (nSPS) is 16.0. The third-order valence-electron chi connectivity index (χ3n) is 11.2. The maximum atomic E-state index is 14.2. The van der Waals surface area contributed by atoms with Gasteiger partial charge in [-0.05, 0) is 63.0 Å². The Balaban J connectivity index is 3.53. The first kappa shape index (κ1) is 60.0. The van der Waals surface area contributed by atoms with Crippen molar-refractivity contribution in [1.29, 1.82) is 0 Å². The number of allylic oxidation sites excluding steroid dienone is 2. The maximum Gasteiger partial charge on any atom is 0.327 e. The summed E-state index contributed by atoms with van der Waals surface area (Å²) in [6.07, 6.45) is 8.83. The lowest BCUT2D eigenvalue weighted by molar-refractivity contribution is -0.151. The molecule has 0 saturated carbocycles. The van der Waals surface area contributed by atoms with Crippen LogP contribution in [0, 0.1) is 23.7 Å². The third-order valence-corrected chi connectivity index (χ3v) is 11.9. The zero-order valence-electron chi connectivity index (χ0n) is 40.8. The van der Waals surface area contributed by atoms with Crippen molar-refractivity contribution in [3.8, 4) is 0 Å². The molecule has 1 aromatic carbocycles. The van der Waals surface area contributed by atoms with E-state index in [0.29, 0.717) is 12.2 Å². The van der Waals surface area contributed by atoms with Crippen LogP contribution in [0.1, 0.15) is 79.7 Å². The van der Waals surface area contributed by atoms with Gasteiger partial charge in [0.05, 0.1) is 29.7 Å². The Morgan fingerprint density at radius 2 is 1.44 bits per heavy atom. The van der Waals surface area contributed by atoms with Gasteiger partial charge in [-0.15, -0.1) is 0 Å². The van der Waals surface area contributed by atoms with Gasteiger partial charge in [0.1, 0.15) is 30.2 Å². The summed E-state index contributed by atoms with van der Waals surface area (Å²) in [5.41, 5.74) is 6.89. The van der Waals surface area contributed by atoms with Crippen LogP contribution in [0.5, 0.6) is 0 Å². The molecule has 20 heteroatoms. The highest BCUT2D eigenvalue weighted by Crippen LogP contribution is 2.20.